The van der Waals surface area contributed by atoms with Crippen molar-refractivity contribution in [1.29, 1.82) is 0 Å². The minimum Gasteiger partial charge on any atom is -0.324 e. The average molecular weight is 387 g/mol. The van der Waals surface area contributed by atoms with Gasteiger partial charge in [-0.25, -0.2) is 0 Å². The van der Waals surface area contributed by atoms with Gasteiger partial charge in [0, 0.05) is 34.1 Å². The summed E-state index contributed by atoms with van der Waals surface area (Å²) in [4.78, 5) is 0. The summed E-state index contributed by atoms with van der Waals surface area (Å²) in [5.74, 6) is 0. The zero-order chi connectivity index (χ0) is 14.0. The molecule has 0 amide bonds. The number of rotatable bonds is 4. The summed E-state index contributed by atoms with van der Waals surface area (Å²) in [7, 11) is 1.97. The van der Waals surface area contributed by atoms with Crippen LogP contribution in [0.1, 0.15) is 29.9 Å². The molecule has 0 bridgehead atoms. The molecule has 0 saturated carbocycles. The quantitative estimate of drug-likeness (QED) is 0.869. The second-order valence-corrected chi connectivity index (χ2v) is 6.45. The van der Waals surface area contributed by atoms with E-state index in [4.69, 9.17) is 5.73 Å². The van der Waals surface area contributed by atoms with Crippen molar-refractivity contribution in [3.63, 3.8) is 0 Å². The van der Waals surface area contributed by atoms with Gasteiger partial charge in [0.15, 0.2) is 0 Å². The fraction of sp³-hybridized carbons (Fsp3) is 0.357. The lowest BCUT2D eigenvalue weighted by atomic mass is 10.0. The van der Waals surface area contributed by atoms with Gasteiger partial charge in [-0.1, -0.05) is 38.8 Å². The maximum absolute atomic E-state index is 6.30. The predicted molar refractivity (Wildman–Crippen MR) is 85.1 cm³/mol. The van der Waals surface area contributed by atoms with Crippen LogP contribution in [0.15, 0.2) is 33.2 Å². The van der Waals surface area contributed by atoms with Crippen molar-refractivity contribution in [2.45, 2.75) is 25.8 Å². The maximum Gasteiger partial charge on any atom is 0.0624 e. The van der Waals surface area contributed by atoms with Crippen molar-refractivity contribution < 1.29 is 0 Å². The zero-order valence-electron chi connectivity index (χ0n) is 11.0. The molecule has 1 atom stereocenters. The molecule has 2 aromatic rings. The Morgan fingerprint density at radius 2 is 1.84 bits per heavy atom. The van der Waals surface area contributed by atoms with E-state index in [1.54, 1.807) is 0 Å². The van der Waals surface area contributed by atoms with Gasteiger partial charge >= 0.3 is 0 Å². The van der Waals surface area contributed by atoms with Gasteiger partial charge in [0.05, 0.1) is 5.69 Å². The van der Waals surface area contributed by atoms with E-state index in [9.17, 15) is 0 Å². The Balaban J connectivity index is 2.20. The second kappa shape index (κ2) is 6.20. The summed E-state index contributed by atoms with van der Waals surface area (Å²) >= 11 is 6.99. The fourth-order valence-electron chi connectivity index (χ4n) is 2.07. The van der Waals surface area contributed by atoms with E-state index in [0.29, 0.717) is 0 Å². The van der Waals surface area contributed by atoms with E-state index in [2.05, 4.69) is 62.1 Å². The van der Waals surface area contributed by atoms with Crippen LogP contribution in [0.4, 0.5) is 0 Å². The number of halogens is 2. The van der Waals surface area contributed by atoms with Gasteiger partial charge in [0.25, 0.3) is 0 Å². The molecule has 0 radical (unpaired) electrons. The number of hydrogen-bond donors (Lipinski definition) is 1. The molecule has 2 N–H and O–H groups in total. The van der Waals surface area contributed by atoms with E-state index < -0.39 is 0 Å². The highest BCUT2D eigenvalue weighted by atomic mass is 79.9. The van der Waals surface area contributed by atoms with Crippen LogP contribution in [0, 0.1) is 0 Å². The summed E-state index contributed by atoms with van der Waals surface area (Å²) in [5, 5.41) is 4.45. The highest BCUT2D eigenvalue weighted by molar-refractivity contribution is 9.11. The van der Waals surface area contributed by atoms with Crippen LogP contribution in [0.5, 0.6) is 0 Å². The predicted octanol–water partition coefficient (Wildman–Crippen LogP) is 3.75. The van der Waals surface area contributed by atoms with Gasteiger partial charge in [0.2, 0.25) is 0 Å². The average Bonchev–Trinajstić information content (AvgIpc) is 2.69. The third-order valence-corrected chi connectivity index (χ3v) is 4.05. The molecule has 0 fully saturated rings. The Kier molecular flexibility index (Phi) is 4.81. The normalized spacial score (nSPS) is 12.7. The van der Waals surface area contributed by atoms with Gasteiger partial charge in [-0.2, -0.15) is 5.10 Å². The molecule has 0 aliphatic carbocycles. The van der Waals surface area contributed by atoms with Gasteiger partial charge in [0.1, 0.15) is 0 Å². The molecule has 0 aliphatic heterocycles. The first-order chi connectivity index (χ1) is 8.99. The van der Waals surface area contributed by atoms with Crippen LogP contribution in [0.3, 0.4) is 0 Å². The Bertz CT molecular complexity index is 558. The molecule has 102 valence electrons. The van der Waals surface area contributed by atoms with E-state index in [1.165, 1.54) is 5.69 Å². The standard InChI is InChI=1S/C14H17Br2N3/c1-3-12-7-13(19(2)18-12)8-14(17)9-4-10(15)6-11(16)5-9/h4-7,14H,3,8,17H2,1-2H3. The SMILES string of the molecule is CCc1cc(CC(N)c2cc(Br)cc(Br)c2)n(C)n1. The topological polar surface area (TPSA) is 43.8 Å². The van der Waals surface area contributed by atoms with Gasteiger partial charge in [-0.15, -0.1) is 0 Å². The number of aromatic nitrogens is 2. The lowest BCUT2D eigenvalue weighted by Gasteiger charge is -2.13. The zero-order valence-corrected chi connectivity index (χ0v) is 14.2. The number of benzene rings is 1. The van der Waals surface area contributed by atoms with Crippen molar-refractivity contribution in [2.24, 2.45) is 12.8 Å². The van der Waals surface area contributed by atoms with Crippen LogP contribution >= 0.6 is 31.9 Å². The summed E-state index contributed by atoms with van der Waals surface area (Å²) in [6.45, 7) is 2.11. The Morgan fingerprint density at radius 3 is 2.37 bits per heavy atom. The smallest absolute Gasteiger partial charge is 0.0624 e. The first-order valence-corrected chi connectivity index (χ1v) is 7.81. The summed E-state index contributed by atoms with van der Waals surface area (Å²) in [5.41, 5.74) is 9.69. The molecule has 19 heavy (non-hydrogen) atoms. The van der Waals surface area contributed by atoms with E-state index >= 15 is 0 Å². The van der Waals surface area contributed by atoms with Gasteiger partial charge in [-0.05, 0) is 36.2 Å². The van der Waals surface area contributed by atoms with Crippen LogP contribution < -0.4 is 5.73 Å². The van der Waals surface area contributed by atoms with E-state index in [-0.39, 0.29) is 6.04 Å². The molecule has 0 spiro atoms. The third kappa shape index (κ3) is 3.68. The van der Waals surface area contributed by atoms with Gasteiger partial charge in [-0.3, -0.25) is 4.68 Å². The molecular weight excluding hydrogens is 370 g/mol. The van der Waals surface area contributed by atoms with Crippen LogP contribution in [0.25, 0.3) is 0 Å². The molecular formula is C14H17Br2N3. The van der Waals surface area contributed by atoms with Crippen molar-refractivity contribution in [2.75, 3.05) is 0 Å². The number of nitrogens with two attached hydrogens (primary N) is 1. The fourth-order valence-corrected chi connectivity index (χ4v) is 3.40. The molecule has 3 nitrogen and oxygen atoms in total. The lowest BCUT2D eigenvalue weighted by Crippen LogP contribution is -2.15. The van der Waals surface area contributed by atoms with Crippen LogP contribution in [-0.4, -0.2) is 9.78 Å². The highest BCUT2D eigenvalue weighted by Gasteiger charge is 2.12. The first-order valence-electron chi connectivity index (χ1n) is 6.23. The number of aryl methyl sites for hydroxylation is 2. The summed E-state index contributed by atoms with van der Waals surface area (Å²) in [6, 6.07) is 8.23. The number of hydrogen-bond acceptors (Lipinski definition) is 2. The molecule has 0 aliphatic rings. The minimum atomic E-state index is -0.0334. The number of nitrogens with zero attached hydrogens (tertiary/aromatic N) is 2. The molecule has 1 aromatic heterocycles. The molecule has 1 unspecified atom stereocenters. The maximum atomic E-state index is 6.30. The minimum absolute atomic E-state index is 0.0334. The Morgan fingerprint density at radius 1 is 1.21 bits per heavy atom. The molecule has 2 rings (SSSR count). The Labute approximate surface area is 130 Å². The van der Waals surface area contributed by atoms with E-state index in [1.807, 2.05) is 17.8 Å². The molecule has 1 aromatic carbocycles. The van der Waals surface area contributed by atoms with Crippen molar-refractivity contribution in [3.8, 4) is 0 Å². The summed E-state index contributed by atoms with van der Waals surface area (Å²) in [6.07, 6.45) is 1.73. The van der Waals surface area contributed by atoms with E-state index in [0.717, 1.165) is 33.0 Å². The van der Waals surface area contributed by atoms with Crippen LogP contribution in [-0.2, 0) is 19.9 Å². The summed E-state index contributed by atoms with van der Waals surface area (Å²) < 4.78 is 3.99. The first kappa shape index (κ1) is 14.8. The van der Waals surface area contributed by atoms with Crippen molar-refractivity contribution >= 4 is 31.9 Å². The van der Waals surface area contributed by atoms with Crippen molar-refractivity contribution in [3.05, 3.63) is 50.2 Å². The largest absolute Gasteiger partial charge is 0.324 e. The van der Waals surface area contributed by atoms with Crippen LogP contribution in [0.2, 0.25) is 0 Å². The third-order valence-electron chi connectivity index (χ3n) is 3.13. The van der Waals surface area contributed by atoms with Crippen molar-refractivity contribution in [1.82, 2.24) is 9.78 Å². The van der Waals surface area contributed by atoms with Gasteiger partial charge < -0.3 is 5.73 Å². The monoisotopic (exact) mass is 385 g/mol. The molecule has 5 heteroatoms. The lowest BCUT2D eigenvalue weighted by molar-refractivity contribution is 0.638. The Hall–Kier alpha value is -0.650. The molecule has 0 saturated heterocycles. The molecule has 1 heterocycles. The second-order valence-electron chi connectivity index (χ2n) is 4.62. The highest BCUT2D eigenvalue weighted by Crippen LogP contribution is 2.25.